The number of ether oxygens (including phenoxy) is 1. The second-order valence-electron chi connectivity index (χ2n) is 9.75. The van der Waals surface area contributed by atoms with Gasteiger partial charge in [-0.1, -0.05) is 23.8 Å². The van der Waals surface area contributed by atoms with Crippen LogP contribution in [0.15, 0.2) is 72.9 Å². The van der Waals surface area contributed by atoms with Crippen molar-refractivity contribution in [3.05, 3.63) is 101 Å². The fourth-order valence-corrected chi connectivity index (χ4v) is 6.16. The number of sulfonamides is 1. The lowest BCUT2D eigenvalue weighted by Gasteiger charge is -2.29. The number of methoxy groups -OCH3 is 1. The number of hydrogen-bond donors (Lipinski definition) is 2. The molecule has 2 aromatic carbocycles. The summed E-state index contributed by atoms with van der Waals surface area (Å²) in [5.74, 6) is 0.414. The Kier molecular flexibility index (Phi) is 7.09. The molecule has 0 bridgehead atoms. The van der Waals surface area contributed by atoms with Gasteiger partial charge in [0, 0.05) is 29.0 Å². The standard InChI is InChI=1S/C29H31N5O3S2/c1-18-9-11-21(12-10-18)33-19(2)16-23(20(33)3)28-27(24-8-6-7-15-30-24)31-29(38)34(28)22-13-14-26(37-4)25(17-22)32-39(5,35)36/h6-17,27-28,32H,1-5H3,(H,31,38)/t27-,28+/m0/s1. The summed E-state index contributed by atoms with van der Waals surface area (Å²) < 4.78 is 34.4. The predicted molar refractivity (Wildman–Crippen MR) is 159 cm³/mol. The van der Waals surface area contributed by atoms with Crippen molar-refractivity contribution < 1.29 is 13.2 Å². The maximum absolute atomic E-state index is 12.1. The van der Waals surface area contributed by atoms with Gasteiger partial charge in [0.1, 0.15) is 5.75 Å². The normalized spacial score (nSPS) is 17.3. The van der Waals surface area contributed by atoms with Crippen LogP contribution in [0, 0.1) is 20.8 Å². The van der Waals surface area contributed by atoms with Crippen molar-refractivity contribution in [3.63, 3.8) is 0 Å². The summed E-state index contributed by atoms with van der Waals surface area (Å²) in [6.07, 6.45) is 2.89. The van der Waals surface area contributed by atoms with Gasteiger partial charge < -0.3 is 19.5 Å². The van der Waals surface area contributed by atoms with E-state index in [4.69, 9.17) is 17.0 Å². The maximum Gasteiger partial charge on any atom is 0.229 e. The molecule has 1 aliphatic heterocycles. The number of anilines is 2. The summed E-state index contributed by atoms with van der Waals surface area (Å²) >= 11 is 5.89. The molecule has 4 aromatic rings. The summed E-state index contributed by atoms with van der Waals surface area (Å²) in [4.78, 5) is 6.68. The van der Waals surface area contributed by atoms with Crippen molar-refractivity contribution >= 4 is 38.7 Å². The minimum absolute atomic E-state index is 0.237. The largest absolute Gasteiger partial charge is 0.495 e. The lowest BCUT2D eigenvalue weighted by molar-refractivity contribution is 0.417. The summed E-state index contributed by atoms with van der Waals surface area (Å²) in [6, 6.07) is 21.4. The van der Waals surface area contributed by atoms with E-state index in [9.17, 15) is 8.42 Å². The van der Waals surface area contributed by atoms with Crippen LogP contribution in [0.4, 0.5) is 11.4 Å². The molecule has 202 valence electrons. The molecule has 0 radical (unpaired) electrons. The van der Waals surface area contributed by atoms with Gasteiger partial charge in [-0.25, -0.2) is 8.42 Å². The van der Waals surface area contributed by atoms with Gasteiger partial charge in [-0.3, -0.25) is 9.71 Å². The predicted octanol–water partition coefficient (Wildman–Crippen LogP) is 5.35. The van der Waals surface area contributed by atoms with E-state index in [1.807, 2.05) is 29.2 Å². The third kappa shape index (κ3) is 5.22. The Bertz CT molecular complexity index is 1630. The Hall–Kier alpha value is -3.89. The van der Waals surface area contributed by atoms with Gasteiger partial charge in [0.2, 0.25) is 10.0 Å². The number of nitrogens with one attached hydrogen (secondary N) is 2. The molecule has 39 heavy (non-hydrogen) atoms. The van der Waals surface area contributed by atoms with Crippen LogP contribution in [0.25, 0.3) is 5.69 Å². The third-order valence-corrected chi connectivity index (χ3v) is 7.84. The summed E-state index contributed by atoms with van der Waals surface area (Å²) in [5, 5.41) is 4.00. The fourth-order valence-electron chi connectivity index (χ4n) is 5.25. The van der Waals surface area contributed by atoms with Crippen LogP contribution in [0.1, 0.15) is 40.3 Å². The molecule has 0 spiro atoms. The molecule has 1 fully saturated rings. The first-order valence-electron chi connectivity index (χ1n) is 12.5. The molecule has 1 aliphatic rings. The van der Waals surface area contributed by atoms with Crippen LogP contribution in [-0.4, -0.2) is 36.4 Å². The average Bonchev–Trinajstić information content (AvgIpc) is 3.39. The van der Waals surface area contributed by atoms with Gasteiger partial charge in [0.25, 0.3) is 0 Å². The highest BCUT2D eigenvalue weighted by Gasteiger charge is 2.42. The van der Waals surface area contributed by atoms with E-state index in [0.717, 1.165) is 40.3 Å². The van der Waals surface area contributed by atoms with Crippen LogP contribution in [0.5, 0.6) is 5.75 Å². The summed E-state index contributed by atoms with van der Waals surface area (Å²) in [5.41, 5.74) is 7.47. The first-order valence-corrected chi connectivity index (χ1v) is 14.8. The minimum Gasteiger partial charge on any atom is -0.495 e. The SMILES string of the molecule is COc1ccc(N2C(=S)N[C@@H](c3ccccn3)[C@H]2c2cc(C)n(-c3ccc(C)cc3)c2C)cc1NS(C)(=O)=O. The Labute approximate surface area is 234 Å². The van der Waals surface area contributed by atoms with E-state index < -0.39 is 10.0 Å². The third-order valence-electron chi connectivity index (χ3n) is 6.94. The van der Waals surface area contributed by atoms with Crippen LogP contribution in [-0.2, 0) is 10.0 Å². The van der Waals surface area contributed by atoms with Crippen molar-refractivity contribution in [1.29, 1.82) is 0 Å². The smallest absolute Gasteiger partial charge is 0.229 e. The molecule has 0 aliphatic carbocycles. The van der Waals surface area contributed by atoms with Gasteiger partial charge in [-0.05, 0) is 87.1 Å². The maximum atomic E-state index is 12.1. The molecule has 10 heteroatoms. The highest BCUT2D eigenvalue weighted by atomic mass is 32.2. The average molecular weight is 562 g/mol. The zero-order valence-electron chi connectivity index (χ0n) is 22.5. The van der Waals surface area contributed by atoms with Crippen molar-refractivity contribution in [2.24, 2.45) is 0 Å². The van der Waals surface area contributed by atoms with Gasteiger partial charge in [-0.2, -0.15) is 0 Å². The number of nitrogens with zero attached hydrogens (tertiary/aromatic N) is 3. The molecular formula is C29H31N5O3S2. The van der Waals surface area contributed by atoms with E-state index in [0.29, 0.717) is 16.5 Å². The number of aromatic nitrogens is 2. The van der Waals surface area contributed by atoms with E-state index in [1.54, 1.807) is 18.3 Å². The van der Waals surface area contributed by atoms with E-state index >= 15 is 0 Å². The monoisotopic (exact) mass is 561 g/mol. The lowest BCUT2D eigenvalue weighted by atomic mass is 9.96. The number of aryl methyl sites for hydroxylation is 2. The molecule has 0 saturated carbocycles. The van der Waals surface area contributed by atoms with Crippen molar-refractivity contribution in [2.45, 2.75) is 32.9 Å². The molecule has 2 aromatic heterocycles. The van der Waals surface area contributed by atoms with Gasteiger partial charge >= 0.3 is 0 Å². The first kappa shape index (κ1) is 26.7. The van der Waals surface area contributed by atoms with Crippen LogP contribution < -0.4 is 19.7 Å². The molecule has 3 heterocycles. The lowest BCUT2D eigenvalue weighted by Crippen LogP contribution is -2.29. The molecule has 0 unspecified atom stereocenters. The van der Waals surface area contributed by atoms with Crippen molar-refractivity contribution in [3.8, 4) is 11.4 Å². The summed E-state index contributed by atoms with van der Waals surface area (Å²) in [6.45, 7) is 6.29. The Morgan fingerprint density at radius 1 is 1.00 bits per heavy atom. The number of thiocarbonyl (C=S) groups is 1. The van der Waals surface area contributed by atoms with Crippen LogP contribution in [0.2, 0.25) is 0 Å². The molecule has 2 N–H and O–H groups in total. The number of benzene rings is 2. The van der Waals surface area contributed by atoms with E-state index in [1.165, 1.54) is 12.7 Å². The van der Waals surface area contributed by atoms with Crippen LogP contribution >= 0.6 is 12.2 Å². The summed E-state index contributed by atoms with van der Waals surface area (Å²) in [7, 11) is -2.03. The fraction of sp³-hybridized carbons (Fsp3) is 0.241. The quantitative estimate of drug-likeness (QED) is 0.294. The first-order chi connectivity index (χ1) is 18.6. The van der Waals surface area contributed by atoms with Gasteiger partial charge in [-0.15, -0.1) is 0 Å². The second kappa shape index (κ2) is 10.3. The molecule has 8 nitrogen and oxygen atoms in total. The Morgan fingerprint density at radius 3 is 2.36 bits per heavy atom. The molecule has 1 saturated heterocycles. The topological polar surface area (TPSA) is 88.5 Å². The molecule has 5 rings (SSSR count). The zero-order valence-corrected chi connectivity index (χ0v) is 24.1. The van der Waals surface area contributed by atoms with Gasteiger partial charge in [0.05, 0.1) is 36.8 Å². The minimum atomic E-state index is -3.54. The highest BCUT2D eigenvalue weighted by molar-refractivity contribution is 7.92. The second-order valence-corrected chi connectivity index (χ2v) is 11.9. The van der Waals surface area contributed by atoms with Crippen molar-refractivity contribution in [1.82, 2.24) is 14.9 Å². The number of pyridine rings is 1. The Morgan fingerprint density at radius 2 is 1.72 bits per heavy atom. The molecule has 0 amide bonds. The zero-order chi connectivity index (χ0) is 27.9. The van der Waals surface area contributed by atoms with E-state index in [-0.39, 0.29) is 12.1 Å². The van der Waals surface area contributed by atoms with E-state index in [2.05, 4.69) is 70.7 Å². The number of rotatable bonds is 7. The number of hydrogen-bond acceptors (Lipinski definition) is 5. The Balaban J connectivity index is 1.68. The van der Waals surface area contributed by atoms with Crippen molar-refractivity contribution in [2.75, 3.05) is 23.0 Å². The van der Waals surface area contributed by atoms with Crippen LogP contribution in [0.3, 0.4) is 0 Å². The van der Waals surface area contributed by atoms with Gasteiger partial charge in [0.15, 0.2) is 5.11 Å². The molecule has 2 atom stereocenters. The molecular weight excluding hydrogens is 530 g/mol. The highest BCUT2D eigenvalue weighted by Crippen LogP contribution is 2.45.